The number of primary amides is 1. The molecule has 2 aromatic rings. The molecule has 1 aliphatic rings. The third kappa shape index (κ3) is 5.36. The molecule has 3 amide bonds. The Hall–Kier alpha value is -2.91. The van der Waals surface area contributed by atoms with Crippen molar-refractivity contribution in [2.24, 2.45) is 5.73 Å². The zero-order valence-corrected chi connectivity index (χ0v) is 20.4. The van der Waals surface area contributed by atoms with Crippen LogP contribution in [0.4, 0.5) is 4.79 Å². The molecule has 0 aliphatic carbocycles. The molecule has 0 aromatic heterocycles. The Balaban J connectivity index is 1.75. The lowest BCUT2D eigenvalue weighted by Crippen LogP contribution is -2.57. The van der Waals surface area contributed by atoms with Gasteiger partial charge in [0.2, 0.25) is 15.9 Å². The van der Waals surface area contributed by atoms with Crippen molar-refractivity contribution in [3.8, 4) is 0 Å². The van der Waals surface area contributed by atoms with E-state index in [1.165, 1.54) is 4.31 Å². The molecule has 1 atom stereocenters. The lowest BCUT2D eigenvalue weighted by Gasteiger charge is -2.36. The number of benzene rings is 2. The highest BCUT2D eigenvalue weighted by molar-refractivity contribution is 7.89. The molecule has 1 saturated heterocycles. The molecule has 0 radical (unpaired) electrons. The van der Waals surface area contributed by atoms with E-state index in [1.54, 1.807) is 4.90 Å². The van der Waals surface area contributed by atoms with Crippen LogP contribution in [0.15, 0.2) is 41.3 Å². The minimum absolute atomic E-state index is 0.189. The summed E-state index contributed by atoms with van der Waals surface area (Å²) in [5, 5.41) is 2.54. The van der Waals surface area contributed by atoms with Crippen molar-refractivity contribution in [2.75, 3.05) is 26.2 Å². The van der Waals surface area contributed by atoms with Crippen LogP contribution in [0.3, 0.4) is 0 Å². The van der Waals surface area contributed by atoms with Crippen LogP contribution in [-0.2, 0) is 21.2 Å². The molecule has 1 heterocycles. The van der Waals surface area contributed by atoms with Crippen molar-refractivity contribution in [2.45, 2.75) is 45.1 Å². The highest BCUT2D eigenvalue weighted by atomic mass is 32.2. The predicted molar refractivity (Wildman–Crippen MR) is 127 cm³/mol. The third-order valence-corrected chi connectivity index (χ3v) is 8.52. The van der Waals surface area contributed by atoms with Crippen molar-refractivity contribution in [1.29, 1.82) is 0 Å². The Morgan fingerprint density at radius 2 is 1.52 bits per heavy atom. The lowest BCUT2D eigenvalue weighted by atomic mass is 10.0. The number of carbonyl (C=O) groups excluding carboxylic acids is 2. The Kier molecular flexibility index (Phi) is 7.44. The SMILES string of the molecule is Cc1cc(C)c(C)c(S(=O)(=O)N2CCN(C(=O)C(Cc3ccccc3)NC(N)=O)CC2)c1C. The number of nitrogens with zero attached hydrogens (tertiary/aromatic N) is 2. The first-order valence-electron chi connectivity index (χ1n) is 11.0. The van der Waals surface area contributed by atoms with Gasteiger partial charge in [0.25, 0.3) is 0 Å². The van der Waals surface area contributed by atoms with Gasteiger partial charge in [0.1, 0.15) is 6.04 Å². The Morgan fingerprint density at radius 3 is 2.03 bits per heavy atom. The summed E-state index contributed by atoms with van der Waals surface area (Å²) < 4.78 is 28.4. The second-order valence-corrected chi connectivity index (χ2v) is 10.4. The lowest BCUT2D eigenvalue weighted by molar-refractivity contribution is -0.134. The van der Waals surface area contributed by atoms with Gasteiger partial charge in [-0.15, -0.1) is 0 Å². The summed E-state index contributed by atoms with van der Waals surface area (Å²) in [6, 6.07) is 9.77. The summed E-state index contributed by atoms with van der Waals surface area (Å²) in [6.45, 7) is 8.35. The van der Waals surface area contributed by atoms with Gasteiger partial charge in [-0.05, 0) is 55.5 Å². The van der Waals surface area contributed by atoms with E-state index in [9.17, 15) is 18.0 Å². The topological polar surface area (TPSA) is 113 Å². The molecule has 0 spiro atoms. The molecule has 0 saturated carbocycles. The minimum atomic E-state index is -3.70. The monoisotopic (exact) mass is 472 g/mol. The van der Waals surface area contributed by atoms with E-state index in [4.69, 9.17) is 5.73 Å². The first-order valence-corrected chi connectivity index (χ1v) is 12.4. The number of urea groups is 1. The minimum Gasteiger partial charge on any atom is -0.352 e. The number of hydrogen-bond acceptors (Lipinski definition) is 4. The van der Waals surface area contributed by atoms with E-state index in [0.29, 0.717) is 11.3 Å². The molecule has 8 nitrogen and oxygen atoms in total. The fourth-order valence-corrected chi connectivity index (χ4v) is 6.29. The van der Waals surface area contributed by atoms with Crippen LogP contribution in [0.25, 0.3) is 0 Å². The molecule has 3 rings (SSSR count). The standard InChI is InChI=1S/C24H32N4O4S/c1-16-14-17(2)19(4)22(18(16)3)33(31,32)28-12-10-27(11-13-28)23(29)21(26-24(25)30)15-20-8-6-5-7-9-20/h5-9,14,21H,10-13,15H2,1-4H3,(H3,25,26,30). The highest BCUT2D eigenvalue weighted by Crippen LogP contribution is 2.29. The van der Waals surface area contributed by atoms with E-state index in [1.807, 2.05) is 64.1 Å². The van der Waals surface area contributed by atoms with Crippen molar-refractivity contribution in [1.82, 2.24) is 14.5 Å². The fourth-order valence-electron chi connectivity index (χ4n) is 4.29. The molecular formula is C24H32N4O4S. The number of amides is 3. The van der Waals surface area contributed by atoms with Crippen molar-refractivity contribution >= 4 is 22.0 Å². The van der Waals surface area contributed by atoms with E-state index in [0.717, 1.165) is 27.8 Å². The summed E-state index contributed by atoms with van der Waals surface area (Å²) in [4.78, 5) is 26.6. The maximum absolute atomic E-state index is 13.5. The first-order chi connectivity index (χ1) is 15.5. The maximum atomic E-state index is 13.5. The average molecular weight is 473 g/mol. The Bertz CT molecular complexity index is 1110. The van der Waals surface area contributed by atoms with Crippen LogP contribution in [0.2, 0.25) is 0 Å². The van der Waals surface area contributed by atoms with Gasteiger partial charge in [-0.25, -0.2) is 13.2 Å². The zero-order chi connectivity index (χ0) is 24.3. The van der Waals surface area contributed by atoms with Crippen LogP contribution in [0.5, 0.6) is 0 Å². The maximum Gasteiger partial charge on any atom is 0.312 e. The van der Waals surface area contributed by atoms with Gasteiger partial charge >= 0.3 is 6.03 Å². The number of aryl methyl sites for hydroxylation is 2. The number of nitrogens with two attached hydrogens (primary N) is 1. The normalized spacial score (nSPS) is 15.8. The van der Waals surface area contributed by atoms with Crippen LogP contribution in [0.1, 0.15) is 27.8 Å². The summed E-state index contributed by atoms with van der Waals surface area (Å²) in [5.41, 5.74) is 9.58. The molecule has 1 unspecified atom stereocenters. The quantitative estimate of drug-likeness (QED) is 0.670. The summed E-state index contributed by atoms with van der Waals surface area (Å²) in [5.74, 6) is -0.270. The smallest absolute Gasteiger partial charge is 0.312 e. The van der Waals surface area contributed by atoms with E-state index < -0.39 is 22.1 Å². The van der Waals surface area contributed by atoms with E-state index in [-0.39, 0.29) is 32.1 Å². The van der Waals surface area contributed by atoms with Gasteiger partial charge in [-0.1, -0.05) is 36.4 Å². The van der Waals surface area contributed by atoms with E-state index >= 15 is 0 Å². The summed E-state index contributed by atoms with van der Waals surface area (Å²) in [7, 11) is -3.70. The second kappa shape index (κ2) is 9.93. The van der Waals surface area contributed by atoms with Crippen LogP contribution in [0, 0.1) is 27.7 Å². The molecule has 9 heteroatoms. The molecule has 3 N–H and O–H groups in total. The summed E-state index contributed by atoms with van der Waals surface area (Å²) >= 11 is 0. The van der Waals surface area contributed by atoms with Crippen LogP contribution < -0.4 is 11.1 Å². The number of rotatable bonds is 6. The van der Waals surface area contributed by atoms with Gasteiger partial charge in [0.15, 0.2) is 0 Å². The van der Waals surface area contributed by atoms with Crippen LogP contribution >= 0.6 is 0 Å². The van der Waals surface area contributed by atoms with Crippen molar-refractivity contribution in [3.05, 3.63) is 64.2 Å². The van der Waals surface area contributed by atoms with Crippen LogP contribution in [-0.4, -0.2) is 61.8 Å². The molecule has 1 aliphatic heterocycles. The van der Waals surface area contributed by atoms with Crippen molar-refractivity contribution < 1.29 is 18.0 Å². The fraction of sp³-hybridized carbons (Fsp3) is 0.417. The molecule has 0 bridgehead atoms. The molecular weight excluding hydrogens is 440 g/mol. The average Bonchev–Trinajstić information content (AvgIpc) is 2.77. The van der Waals surface area contributed by atoms with Crippen molar-refractivity contribution in [3.63, 3.8) is 0 Å². The largest absolute Gasteiger partial charge is 0.352 e. The third-order valence-electron chi connectivity index (χ3n) is 6.34. The number of sulfonamides is 1. The Labute approximate surface area is 195 Å². The molecule has 1 fully saturated rings. The number of hydrogen-bond donors (Lipinski definition) is 2. The number of carbonyl (C=O) groups is 2. The first kappa shape index (κ1) is 24.7. The van der Waals surface area contributed by atoms with Gasteiger partial charge in [0.05, 0.1) is 4.90 Å². The zero-order valence-electron chi connectivity index (χ0n) is 19.6. The second-order valence-electron chi connectivity index (χ2n) is 8.57. The highest BCUT2D eigenvalue weighted by Gasteiger charge is 2.34. The van der Waals surface area contributed by atoms with Gasteiger partial charge in [-0.2, -0.15) is 4.31 Å². The van der Waals surface area contributed by atoms with Gasteiger partial charge in [0, 0.05) is 32.6 Å². The molecule has 178 valence electrons. The van der Waals surface area contributed by atoms with Gasteiger partial charge < -0.3 is 16.0 Å². The van der Waals surface area contributed by atoms with E-state index in [2.05, 4.69) is 5.32 Å². The van der Waals surface area contributed by atoms with Gasteiger partial charge in [-0.3, -0.25) is 4.79 Å². The molecule has 2 aromatic carbocycles. The Morgan fingerprint density at radius 1 is 0.970 bits per heavy atom. The summed E-state index contributed by atoms with van der Waals surface area (Å²) in [6.07, 6.45) is 0.308. The number of piperazine rings is 1. The number of nitrogens with one attached hydrogen (secondary N) is 1. The predicted octanol–water partition coefficient (Wildman–Crippen LogP) is 2.03. The molecule has 33 heavy (non-hydrogen) atoms.